The number of amides is 1. The lowest BCUT2D eigenvalue weighted by Gasteiger charge is -2.19. The van der Waals surface area contributed by atoms with Crippen molar-refractivity contribution in [3.8, 4) is 5.75 Å². The zero-order chi connectivity index (χ0) is 15.5. The molecule has 7 nitrogen and oxygen atoms in total. The minimum atomic E-state index is -3.77. The highest BCUT2D eigenvalue weighted by molar-refractivity contribution is 7.89. The van der Waals surface area contributed by atoms with Crippen molar-refractivity contribution in [2.24, 2.45) is 0 Å². The van der Waals surface area contributed by atoms with E-state index in [1.54, 1.807) is 14.1 Å². The van der Waals surface area contributed by atoms with Crippen LogP contribution in [0.3, 0.4) is 0 Å². The van der Waals surface area contributed by atoms with Crippen molar-refractivity contribution in [3.63, 3.8) is 0 Å². The molecule has 8 heteroatoms. The Balaban J connectivity index is 3.07. The molecule has 0 saturated carbocycles. The van der Waals surface area contributed by atoms with Crippen molar-refractivity contribution < 1.29 is 17.9 Å². The standard InChI is InChI=1S/C12H19N3O4S/c1-14(2)12(16)8-15(3)20(17,18)9-5-6-10(13)11(7-9)19-4/h5-7H,8,13H2,1-4H3. The first-order valence-corrected chi connectivity index (χ1v) is 7.24. The fraction of sp³-hybridized carbons (Fsp3) is 0.417. The summed E-state index contributed by atoms with van der Waals surface area (Å²) >= 11 is 0. The summed E-state index contributed by atoms with van der Waals surface area (Å²) in [5, 5.41) is 0. The number of benzene rings is 1. The van der Waals surface area contributed by atoms with Gasteiger partial charge in [0.05, 0.1) is 24.2 Å². The number of ether oxygens (including phenoxy) is 1. The molecule has 0 aliphatic heterocycles. The Morgan fingerprint density at radius 3 is 2.40 bits per heavy atom. The zero-order valence-electron chi connectivity index (χ0n) is 12.0. The van der Waals surface area contributed by atoms with E-state index in [4.69, 9.17) is 10.5 Å². The van der Waals surface area contributed by atoms with Crippen LogP contribution in [0.2, 0.25) is 0 Å². The molecule has 0 aromatic heterocycles. The first-order valence-electron chi connectivity index (χ1n) is 5.80. The van der Waals surface area contributed by atoms with Gasteiger partial charge in [-0.3, -0.25) is 4.79 Å². The molecule has 0 atom stereocenters. The Kier molecular flexibility index (Phi) is 4.96. The number of carbonyl (C=O) groups is 1. The monoisotopic (exact) mass is 301 g/mol. The van der Waals surface area contributed by atoms with Crippen LogP contribution in [0.5, 0.6) is 5.75 Å². The Labute approximate surface area is 119 Å². The van der Waals surface area contributed by atoms with Gasteiger partial charge in [-0.1, -0.05) is 0 Å². The maximum atomic E-state index is 12.3. The van der Waals surface area contributed by atoms with Gasteiger partial charge in [0.2, 0.25) is 15.9 Å². The third-order valence-electron chi connectivity index (χ3n) is 2.77. The van der Waals surface area contributed by atoms with Gasteiger partial charge in [-0.25, -0.2) is 8.42 Å². The van der Waals surface area contributed by atoms with Gasteiger partial charge in [-0.2, -0.15) is 4.31 Å². The summed E-state index contributed by atoms with van der Waals surface area (Å²) in [6, 6.07) is 4.17. The highest BCUT2D eigenvalue weighted by atomic mass is 32.2. The molecule has 0 spiro atoms. The van der Waals surface area contributed by atoms with Gasteiger partial charge in [0.25, 0.3) is 0 Å². The van der Waals surface area contributed by atoms with Crippen molar-refractivity contribution >= 4 is 21.6 Å². The molecule has 1 amide bonds. The Bertz CT molecular complexity index is 599. The molecule has 0 aliphatic rings. The number of carbonyl (C=O) groups excluding carboxylic acids is 1. The molecule has 0 radical (unpaired) electrons. The number of nitrogen functional groups attached to an aromatic ring is 1. The number of methoxy groups -OCH3 is 1. The summed E-state index contributed by atoms with van der Waals surface area (Å²) in [6.45, 7) is -0.234. The number of anilines is 1. The van der Waals surface area contributed by atoms with Gasteiger partial charge < -0.3 is 15.4 Å². The number of nitrogens with zero attached hydrogens (tertiary/aromatic N) is 2. The van der Waals surface area contributed by atoms with Gasteiger partial charge in [0.15, 0.2) is 0 Å². The maximum Gasteiger partial charge on any atom is 0.243 e. The van der Waals surface area contributed by atoms with Gasteiger partial charge >= 0.3 is 0 Å². The van der Waals surface area contributed by atoms with Crippen LogP contribution < -0.4 is 10.5 Å². The highest BCUT2D eigenvalue weighted by Crippen LogP contribution is 2.26. The van der Waals surface area contributed by atoms with Gasteiger partial charge in [0.1, 0.15) is 5.75 Å². The van der Waals surface area contributed by atoms with Crippen LogP contribution in [0.1, 0.15) is 0 Å². The quantitative estimate of drug-likeness (QED) is 0.772. The van der Waals surface area contributed by atoms with E-state index >= 15 is 0 Å². The van der Waals surface area contributed by atoms with Crippen molar-refractivity contribution in [1.82, 2.24) is 9.21 Å². The predicted molar refractivity (Wildman–Crippen MR) is 75.9 cm³/mol. The van der Waals surface area contributed by atoms with Gasteiger partial charge in [0, 0.05) is 27.2 Å². The molecule has 0 bridgehead atoms. The largest absolute Gasteiger partial charge is 0.495 e. The van der Waals surface area contributed by atoms with E-state index in [-0.39, 0.29) is 23.1 Å². The summed E-state index contributed by atoms with van der Waals surface area (Å²) in [5.41, 5.74) is 5.99. The van der Waals surface area contributed by atoms with E-state index in [9.17, 15) is 13.2 Å². The zero-order valence-corrected chi connectivity index (χ0v) is 12.8. The molecule has 0 heterocycles. The van der Waals surface area contributed by atoms with Crippen molar-refractivity contribution in [1.29, 1.82) is 0 Å². The second-order valence-electron chi connectivity index (χ2n) is 4.45. The molecule has 0 aliphatic carbocycles. The minimum absolute atomic E-state index is 0.0256. The lowest BCUT2D eigenvalue weighted by atomic mass is 10.3. The Morgan fingerprint density at radius 2 is 1.90 bits per heavy atom. The molecule has 1 rings (SSSR count). The third kappa shape index (κ3) is 3.40. The van der Waals surface area contributed by atoms with E-state index in [0.717, 1.165) is 4.31 Å². The number of rotatable bonds is 5. The average Bonchev–Trinajstić information content (AvgIpc) is 2.38. The summed E-state index contributed by atoms with van der Waals surface area (Å²) in [4.78, 5) is 12.9. The van der Waals surface area contributed by atoms with Gasteiger partial charge in [-0.15, -0.1) is 0 Å². The molecule has 2 N–H and O–H groups in total. The van der Waals surface area contributed by atoms with Crippen molar-refractivity contribution in [3.05, 3.63) is 18.2 Å². The number of hydrogen-bond donors (Lipinski definition) is 1. The Morgan fingerprint density at radius 1 is 1.30 bits per heavy atom. The third-order valence-corrected chi connectivity index (χ3v) is 4.57. The number of hydrogen-bond acceptors (Lipinski definition) is 5. The second-order valence-corrected chi connectivity index (χ2v) is 6.50. The van der Waals surface area contributed by atoms with E-state index in [1.807, 2.05) is 0 Å². The lowest BCUT2D eigenvalue weighted by Crippen LogP contribution is -2.37. The summed E-state index contributed by atoms with van der Waals surface area (Å²) < 4.78 is 30.6. The molecule has 0 fully saturated rings. The summed E-state index contributed by atoms with van der Waals surface area (Å²) in [5.74, 6) is -0.0307. The van der Waals surface area contributed by atoms with Crippen LogP contribution in [-0.4, -0.2) is 58.3 Å². The first kappa shape index (κ1) is 16.3. The fourth-order valence-corrected chi connectivity index (χ4v) is 2.59. The molecule has 1 aromatic carbocycles. The molecule has 0 saturated heterocycles. The van der Waals surface area contributed by atoms with Crippen LogP contribution in [-0.2, 0) is 14.8 Å². The lowest BCUT2D eigenvalue weighted by molar-refractivity contribution is -0.128. The van der Waals surface area contributed by atoms with Crippen LogP contribution in [0.4, 0.5) is 5.69 Å². The summed E-state index contributed by atoms with van der Waals surface area (Å²) in [7, 11) is 2.11. The highest BCUT2D eigenvalue weighted by Gasteiger charge is 2.24. The SMILES string of the molecule is COc1cc(S(=O)(=O)N(C)CC(=O)N(C)C)ccc1N. The van der Waals surface area contributed by atoms with Crippen LogP contribution in [0.25, 0.3) is 0 Å². The van der Waals surface area contributed by atoms with E-state index in [1.165, 1.54) is 37.3 Å². The molecular formula is C12H19N3O4S. The molecule has 20 heavy (non-hydrogen) atoms. The first-order chi connectivity index (χ1) is 9.20. The minimum Gasteiger partial charge on any atom is -0.495 e. The number of sulfonamides is 1. The summed E-state index contributed by atoms with van der Waals surface area (Å²) in [6.07, 6.45) is 0. The van der Waals surface area contributed by atoms with Crippen molar-refractivity contribution in [2.45, 2.75) is 4.90 Å². The van der Waals surface area contributed by atoms with Crippen molar-refractivity contribution in [2.75, 3.05) is 40.5 Å². The molecule has 112 valence electrons. The second kappa shape index (κ2) is 6.10. The molecule has 0 unspecified atom stereocenters. The smallest absolute Gasteiger partial charge is 0.243 e. The average molecular weight is 301 g/mol. The fourth-order valence-electron chi connectivity index (χ4n) is 1.45. The van der Waals surface area contributed by atoms with E-state index < -0.39 is 10.0 Å². The molecular weight excluding hydrogens is 282 g/mol. The van der Waals surface area contributed by atoms with Crippen LogP contribution in [0.15, 0.2) is 23.1 Å². The van der Waals surface area contributed by atoms with E-state index in [0.29, 0.717) is 5.69 Å². The molecule has 1 aromatic rings. The maximum absolute atomic E-state index is 12.3. The normalized spacial score (nSPS) is 11.4. The number of likely N-dealkylation sites (N-methyl/N-ethyl adjacent to an activating group) is 2. The van der Waals surface area contributed by atoms with Gasteiger partial charge in [-0.05, 0) is 12.1 Å². The van der Waals surface area contributed by atoms with E-state index in [2.05, 4.69) is 0 Å². The van der Waals surface area contributed by atoms with Crippen LogP contribution in [0, 0.1) is 0 Å². The van der Waals surface area contributed by atoms with Crippen LogP contribution >= 0.6 is 0 Å². The Hall–Kier alpha value is -1.80. The topological polar surface area (TPSA) is 92.9 Å². The number of nitrogens with two attached hydrogens (primary N) is 1. The predicted octanol–water partition coefficient (Wildman–Crippen LogP) is -0.0139.